The molecule has 46 heavy (non-hydrogen) atoms. The molecule has 2 aliphatic rings. The summed E-state index contributed by atoms with van der Waals surface area (Å²) in [6, 6.07) is 0. The van der Waals surface area contributed by atoms with E-state index in [9.17, 15) is 0 Å². The molecule has 2 aliphatic heterocycles. The lowest BCUT2D eigenvalue weighted by Gasteiger charge is -2.50. The van der Waals surface area contributed by atoms with E-state index in [2.05, 4.69) is 0 Å². The predicted molar refractivity (Wildman–Crippen MR) is 161 cm³/mol. The smallest absolute Gasteiger partial charge is 0.187 e. The molecule has 0 spiro atoms. The van der Waals surface area contributed by atoms with E-state index in [0.717, 1.165) is 0 Å². The Kier molecular flexibility index (Phi) is 20.0. The van der Waals surface area contributed by atoms with E-state index < -0.39 is 85.8 Å². The Morgan fingerprint density at radius 3 is 1.30 bits per heavy atom. The second-order valence-electron chi connectivity index (χ2n) is 10.9. The zero-order chi connectivity index (χ0) is 34.2. The van der Waals surface area contributed by atoms with Crippen LogP contribution in [0.4, 0.5) is 0 Å². The molecule has 16 nitrogen and oxygen atoms in total. The van der Waals surface area contributed by atoms with E-state index in [-0.39, 0.29) is 26.4 Å². The Morgan fingerprint density at radius 1 is 0.435 bits per heavy atom. The minimum Gasteiger partial charge on any atom is -0.382 e. The third kappa shape index (κ3) is 10.2. The van der Waals surface area contributed by atoms with Crippen LogP contribution in [0.2, 0.25) is 0 Å². The maximum Gasteiger partial charge on any atom is 0.187 e. The SMILES string of the molecule is COC[C@H](OC)[C@@H](OC)[C@H](O[C@H]1O[C@H](COC)[C@@H](O[C@H]2O[C@H](COC)[C@@H](OC)[C@H](OC)[C@H]2OC)[C@H](OC)[C@H]1OC)[C@@H](COC)OC. The molecule has 0 radical (unpaired) electrons. The van der Waals surface area contributed by atoms with Crippen LogP contribution in [0.5, 0.6) is 0 Å². The van der Waals surface area contributed by atoms with E-state index in [1.165, 1.54) is 7.11 Å². The molecule has 2 fully saturated rings. The fourth-order valence-corrected chi connectivity index (χ4v) is 6.16. The van der Waals surface area contributed by atoms with Crippen molar-refractivity contribution in [3.63, 3.8) is 0 Å². The van der Waals surface area contributed by atoms with Crippen molar-refractivity contribution in [2.24, 2.45) is 0 Å². The van der Waals surface area contributed by atoms with Crippen LogP contribution in [0.1, 0.15) is 0 Å². The zero-order valence-electron chi connectivity index (χ0n) is 29.4. The monoisotopic (exact) mass is 674 g/mol. The van der Waals surface area contributed by atoms with Crippen LogP contribution in [-0.2, 0) is 75.8 Å². The highest BCUT2D eigenvalue weighted by Gasteiger charge is 2.54. The summed E-state index contributed by atoms with van der Waals surface area (Å²) in [6.07, 6.45) is -9.65. The maximum absolute atomic E-state index is 6.67. The van der Waals surface area contributed by atoms with Gasteiger partial charge in [0.05, 0.1) is 26.4 Å². The van der Waals surface area contributed by atoms with Gasteiger partial charge in [-0.2, -0.15) is 0 Å². The summed E-state index contributed by atoms with van der Waals surface area (Å²) in [5.74, 6) is 0. The zero-order valence-corrected chi connectivity index (χ0v) is 29.4. The summed E-state index contributed by atoms with van der Waals surface area (Å²) in [6.45, 7) is 0.783. The second-order valence-corrected chi connectivity index (χ2v) is 10.9. The molecule has 0 aromatic carbocycles. The van der Waals surface area contributed by atoms with Gasteiger partial charge in [-0.1, -0.05) is 0 Å². The molecule has 14 atom stereocenters. The van der Waals surface area contributed by atoms with Crippen LogP contribution in [0.25, 0.3) is 0 Å². The van der Waals surface area contributed by atoms with Crippen molar-refractivity contribution in [2.75, 3.05) is 112 Å². The third-order valence-corrected chi connectivity index (χ3v) is 8.38. The third-order valence-electron chi connectivity index (χ3n) is 8.38. The van der Waals surface area contributed by atoms with E-state index in [1.807, 2.05) is 0 Å². The van der Waals surface area contributed by atoms with Gasteiger partial charge in [-0.15, -0.1) is 0 Å². The van der Waals surface area contributed by atoms with Crippen molar-refractivity contribution in [3.05, 3.63) is 0 Å². The predicted octanol–water partition coefficient (Wildman–Crippen LogP) is -0.0878. The highest BCUT2D eigenvalue weighted by Crippen LogP contribution is 2.35. The molecular weight excluding hydrogens is 616 g/mol. The molecular formula is C30H58O16. The number of methoxy groups -OCH3 is 12. The number of ether oxygens (including phenoxy) is 16. The van der Waals surface area contributed by atoms with Crippen LogP contribution in [0.3, 0.4) is 0 Å². The van der Waals surface area contributed by atoms with Crippen molar-refractivity contribution < 1.29 is 75.8 Å². The lowest BCUT2D eigenvalue weighted by atomic mass is 9.96. The minimum absolute atomic E-state index is 0.121. The first-order chi connectivity index (χ1) is 22.3. The Balaban J connectivity index is 2.48. The average Bonchev–Trinajstić information content (AvgIpc) is 3.07. The Bertz CT molecular complexity index is 781. The van der Waals surface area contributed by atoms with Gasteiger partial charge >= 0.3 is 0 Å². The van der Waals surface area contributed by atoms with E-state index >= 15 is 0 Å². The molecule has 2 saturated heterocycles. The first-order valence-corrected chi connectivity index (χ1v) is 15.1. The van der Waals surface area contributed by atoms with Gasteiger partial charge in [0.2, 0.25) is 0 Å². The summed E-state index contributed by atoms with van der Waals surface area (Å²) < 4.78 is 94.8. The van der Waals surface area contributed by atoms with Crippen molar-refractivity contribution >= 4 is 0 Å². The lowest BCUT2D eigenvalue weighted by molar-refractivity contribution is -0.375. The molecule has 274 valence electrons. The van der Waals surface area contributed by atoms with E-state index in [0.29, 0.717) is 0 Å². The molecule has 0 aromatic rings. The lowest BCUT2D eigenvalue weighted by Crippen LogP contribution is -2.67. The summed E-state index contributed by atoms with van der Waals surface area (Å²) in [7, 11) is 18.8. The maximum atomic E-state index is 6.67. The summed E-state index contributed by atoms with van der Waals surface area (Å²) in [4.78, 5) is 0. The first-order valence-electron chi connectivity index (χ1n) is 15.1. The molecule has 2 rings (SSSR count). The van der Waals surface area contributed by atoms with Gasteiger partial charge in [0.1, 0.15) is 73.2 Å². The standard InChI is InChI=1S/C30H58O16/c1-31-13-17(35-5)21(37-7)23(18(36-6)14-32-2)45-30-28(42-12)26(40-10)24(20(44-30)16-34-4)46-29-27(41-11)25(39-9)22(38-8)19(43-29)15-33-3/h17-30H,13-16H2,1-12H3/t17-,18+,19+,20+,21+,22+,23+,24+,25-,26-,27+,28+,29+,30+/m0/s1. The second kappa shape index (κ2) is 22.2. The fraction of sp³-hybridized carbons (Fsp3) is 1.00. The van der Waals surface area contributed by atoms with Gasteiger partial charge in [-0.25, -0.2) is 0 Å². The minimum atomic E-state index is -0.997. The molecule has 0 unspecified atom stereocenters. The van der Waals surface area contributed by atoms with Gasteiger partial charge < -0.3 is 75.8 Å². The number of rotatable bonds is 23. The molecule has 0 saturated carbocycles. The summed E-state index contributed by atoms with van der Waals surface area (Å²) >= 11 is 0. The summed E-state index contributed by atoms with van der Waals surface area (Å²) in [5, 5.41) is 0. The number of hydrogen-bond donors (Lipinski definition) is 0. The van der Waals surface area contributed by atoms with Gasteiger partial charge in [0.15, 0.2) is 12.6 Å². The van der Waals surface area contributed by atoms with Gasteiger partial charge in [0, 0.05) is 85.3 Å². The van der Waals surface area contributed by atoms with Crippen LogP contribution in [0.15, 0.2) is 0 Å². The molecule has 0 amide bonds. The van der Waals surface area contributed by atoms with Crippen LogP contribution < -0.4 is 0 Å². The quantitative estimate of drug-likeness (QED) is 0.142. The van der Waals surface area contributed by atoms with Crippen molar-refractivity contribution in [3.8, 4) is 0 Å². The Labute approximate surface area is 273 Å². The van der Waals surface area contributed by atoms with Crippen LogP contribution in [0, 0.1) is 0 Å². The molecule has 2 heterocycles. The summed E-state index contributed by atoms with van der Waals surface area (Å²) in [5.41, 5.74) is 0. The fourth-order valence-electron chi connectivity index (χ4n) is 6.16. The Hall–Kier alpha value is -0.640. The first kappa shape index (κ1) is 41.5. The average molecular weight is 675 g/mol. The van der Waals surface area contributed by atoms with Crippen LogP contribution >= 0.6 is 0 Å². The molecule has 0 aliphatic carbocycles. The van der Waals surface area contributed by atoms with Gasteiger partial charge in [-0.3, -0.25) is 0 Å². The van der Waals surface area contributed by atoms with E-state index in [1.54, 1.807) is 78.2 Å². The highest BCUT2D eigenvalue weighted by atomic mass is 16.8. The van der Waals surface area contributed by atoms with Crippen molar-refractivity contribution in [2.45, 2.75) is 85.8 Å². The number of hydrogen-bond acceptors (Lipinski definition) is 16. The van der Waals surface area contributed by atoms with Crippen LogP contribution in [-0.4, -0.2) is 198 Å². The normalized spacial score (nSPS) is 34.7. The largest absolute Gasteiger partial charge is 0.382 e. The van der Waals surface area contributed by atoms with Gasteiger partial charge in [0.25, 0.3) is 0 Å². The van der Waals surface area contributed by atoms with Crippen molar-refractivity contribution in [1.82, 2.24) is 0 Å². The highest BCUT2D eigenvalue weighted by molar-refractivity contribution is 4.97. The molecule has 0 aromatic heterocycles. The molecule has 0 bridgehead atoms. The topological polar surface area (TPSA) is 148 Å². The molecule has 16 heteroatoms. The molecule has 0 N–H and O–H groups in total. The van der Waals surface area contributed by atoms with Gasteiger partial charge in [-0.05, 0) is 0 Å². The van der Waals surface area contributed by atoms with E-state index in [4.69, 9.17) is 75.8 Å². The van der Waals surface area contributed by atoms with Crippen molar-refractivity contribution in [1.29, 1.82) is 0 Å². The Morgan fingerprint density at radius 2 is 0.870 bits per heavy atom.